The number of carbonyl (C=O) groups is 2. The Kier molecular flexibility index (Phi) is 6.34. The number of hydrogen-bond acceptors (Lipinski definition) is 6. The van der Waals surface area contributed by atoms with Crippen molar-refractivity contribution >= 4 is 29.0 Å². The van der Waals surface area contributed by atoms with Crippen molar-refractivity contribution in [3.63, 3.8) is 0 Å². The van der Waals surface area contributed by atoms with Crippen LogP contribution in [0.2, 0.25) is 0 Å². The number of amides is 2. The highest BCUT2D eigenvalue weighted by Gasteiger charge is 2.25. The van der Waals surface area contributed by atoms with Crippen LogP contribution in [0.1, 0.15) is 36.2 Å². The van der Waals surface area contributed by atoms with Gasteiger partial charge >= 0.3 is 0 Å². The van der Waals surface area contributed by atoms with Crippen LogP contribution < -0.4 is 15.0 Å². The van der Waals surface area contributed by atoms with Crippen molar-refractivity contribution in [2.24, 2.45) is 0 Å². The molecule has 0 spiro atoms. The van der Waals surface area contributed by atoms with Gasteiger partial charge in [0.15, 0.2) is 5.69 Å². The van der Waals surface area contributed by atoms with Crippen molar-refractivity contribution < 1.29 is 14.3 Å². The summed E-state index contributed by atoms with van der Waals surface area (Å²) in [7, 11) is 0. The molecule has 0 saturated heterocycles. The SMILES string of the molecule is O=C(CN(C(=O)c1csnn1)c1ccc(Oc2ccccc2)cc1)NC1CCCC1. The number of nitrogens with zero attached hydrogens (tertiary/aromatic N) is 3. The zero-order valence-electron chi connectivity index (χ0n) is 16.4. The number of ether oxygens (including phenoxy) is 1. The van der Waals surface area contributed by atoms with Gasteiger partial charge in [0.25, 0.3) is 5.91 Å². The van der Waals surface area contributed by atoms with E-state index in [9.17, 15) is 9.59 Å². The minimum Gasteiger partial charge on any atom is -0.457 e. The number of aromatic nitrogens is 2. The van der Waals surface area contributed by atoms with E-state index in [0.29, 0.717) is 11.4 Å². The molecule has 154 valence electrons. The first-order valence-corrected chi connectivity index (χ1v) is 10.7. The summed E-state index contributed by atoms with van der Waals surface area (Å²) in [5.74, 6) is 0.829. The van der Waals surface area contributed by atoms with E-state index in [1.165, 1.54) is 4.90 Å². The lowest BCUT2D eigenvalue weighted by molar-refractivity contribution is -0.120. The molecule has 0 aliphatic heterocycles. The number of rotatable bonds is 7. The van der Waals surface area contributed by atoms with Crippen molar-refractivity contribution in [1.29, 1.82) is 0 Å². The minimum absolute atomic E-state index is 0.0776. The van der Waals surface area contributed by atoms with E-state index < -0.39 is 0 Å². The zero-order chi connectivity index (χ0) is 20.8. The Hall–Kier alpha value is -3.26. The molecule has 0 atom stereocenters. The van der Waals surface area contributed by atoms with Crippen molar-refractivity contribution in [3.8, 4) is 11.5 Å². The number of benzene rings is 2. The summed E-state index contributed by atoms with van der Waals surface area (Å²) in [6.45, 7) is -0.0776. The molecule has 3 aromatic rings. The Morgan fingerprint density at radius 1 is 1.03 bits per heavy atom. The normalized spacial score (nSPS) is 13.7. The van der Waals surface area contributed by atoms with E-state index >= 15 is 0 Å². The topological polar surface area (TPSA) is 84.4 Å². The summed E-state index contributed by atoms with van der Waals surface area (Å²) in [6, 6.07) is 16.7. The minimum atomic E-state index is -0.359. The molecular weight excluding hydrogens is 400 g/mol. The summed E-state index contributed by atoms with van der Waals surface area (Å²) in [5.41, 5.74) is 0.813. The van der Waals surface area contributed by atoms with Gasteiger partial charge in [0.05, 0.1) is 0 Å². The maximum Gasteiger partial charge on any atom is 0.280 e. The first-order chi connectivity index (χ1) is 14.7. The van der Waals surface area contributed by atoms with Crippen LogP contribution in [-0.2, 0) is 4.79 Å². The molecule has 30 heavy (non-hydrogen) atoms. The Morgan fingerprint density at radius 3 is 2.40 bits per heavy atom. The van der Waals surface area contributed by atoms with Crippen molar-refractivity contribution in [2.75, 3.05) is 11.4 Å². The number of hydrogen-bond donors (Lipinski definition) is 1. The molecule has 7 nitrogen and oxygen atoms in total. The monoisotopic (exact) mass is 422 g/mol. The summed E-state index contributed by atoms with van der Waals surface area (Å²) in [5, 5.41) is 8.48. The molecule has 2 amide bonds. The molecule has 4 rings (SSSR count). The number of anilines is 1. The van der Waals surface area contributed by atoms with Gasteiger partial charge < -0.3 is 10.1 Å². The van der Waals surface area contributed by atoms with E-state index in [2.05, 4.69) is 14.9 Å². The second kappa shape index (κ2) is 9.49. The van der Waals surface area contributed by atoms with Crippen LogP contribution in [0.4, 0.5) is 5.69 Å². The maximum atomic E-state index is 13.0. The second-order valence-corrected chi connectivity index (χ2v) is 7.75. The molecular formula is C22H22N4O3S. The van der Waals surface area contributed by atoms with Crippen LogP contribution in [0, 0.1) is 0 Å². The van der Waals surface area contributed by atoms with Crippen molar-refractivity contribution in [2.45, 2.75) is 31.7 Å². The largest absolute Gasteiger partial charge is 0.457 e. The lowest BCUT2D eigenvalue weighted by atomic mass is 10.2. The fraction of sp³-hybridized carbons (Fsp3) is 0.273. The maximum absolute atomic E-state index is 13.0. The van der Waals surface area contributed by atoms with Crippen LogP contribution in [-0.4, -0.2) is 34.0 Å². The van der Waals surface area contributed by atoms with Crippen molar-refractivity contribution in [3.05, 3.63) is 65.7 Å². The van der Waals surface area contributed by atoms with Crippen LogP contribution >= 0.6 is 11.5 Å². The van der Waals surface area contributed by atoms with Gasteiger partial charge in [0.2, 0.25) is 5.91 Å². The predicted molar refractivity (Wildman–Crippen MR) is 115 cm³/mol. The summed E-state index contributed by atoms with van der Waals surface area (Å²) >= 11 is 1.10. The highest BCUT2D eigenvalue weighted by molar-refractivity contribution is 7.03. The predicted octanol–water partition coefficient (Wildman–Crippen LogP) is 4.04. The van der Waals surface area contributed by atoms with Crippen LogP contribution in [0.25, 0.3) is 0 Å². The molecule has 1 fully saturated rings. The van der Waals surface area contributed by atoms with E-state index in [1.54, 1.807) is 29.6 Å². The smallest absolute Gasteiger partial charge is 0.280 e. The zero-order valence-corrected chi connectivity index (χ0v) is 17.2. The van der Waals surface area contributed by atoms with E-state index in [4.69, 9.17) is 4.74 Å². The fourth-order valence-electron chi connectivity index (χ4n) is 3.48. The van der Waals surface area contributed by atoms with Crippen LogP contribution in [0.5, 0.6) is 11.5 Å². The van der Waals surface area contributed by atoms with Gasteiger partial charge in [-0.1, -0.05) is 35.5 Å². The Balaban J connectivity index is 1.50. The Morgan fingerprint density at radius 2 is 1.73 bits per heavy atom. The lowest BCUT2D eigenvalue weighted by Crippen LogP contribution is -2.43. The van der Waals surface area contributed by atoms with Gasteiger partial charge in [-0.25, -0.2) is 0 Å². The van der Waals surface area contributed by atoms with Gasteiger partial charge in [0.1, 0.15) is 18.0 Å². The molecule has 1 heterocycles. The average Bonchev–Trinajstić information content (AvgIpc) is 3.47. The van der Waals surface area contributed by atoms with E-state index in [1.807, 2.05) is 30.3 Å². The highest BCUT2D eigenvalue weighted by atomic mass is 32.1. The Labute approximate surface area is 178 Å². The van der Waals surface area contributed by atoms with Crippen LogP contribution in [0.3, 0.4) is 0 Å². The third-order valence-electron chi connectivity index (χ3n) is 4.97. The van der Waals surface area contributed by atoms with Crippen LogP contribution in [0.15, 0.2) is 60.0 Å². The summed E-state index contributed by atoms with van der Waals surface area (Å²) < 4.78 is 9.58. The van der Waals surface area contributed by atoms with E-state index in [0.717, 1.165) is 43.0 Å². The first-order valence-electron chi connectivity index (χ1n) is 9.90. The number of nitrogens with one attached hydrogen (secondary N) is 1. The highest BCUT2D eigenvalue weighted by Crippen LogP contribution is 2.25. The molecule has 0 unspecified atom stereocenters. The Bertz CT molecular complexity index is 971. The molecule has 2 aromatic carbocycles. The van der Waals surface area contributed by atoms with Crippen molar-refractivity contribution in [1.82, 2.24) is 14.9 Å². The van der Waals surface area contributed by atoms with Gasteiger partial charge in [-0.05, 0) is 60.8 Å². The first kappa shape index (κ1) is 20.0. The van der Waals surface area contributed by atoms with E-state index in [-0.39, 0.29) is 30.1 Å². The molecule has 1 aromatic heterocycles. The average molecular weight is 423 g/mol. The standard InChI is InChI=1S/C22H22N4O3S/c27-21(23-16-6-4-5-7-16)14-26(22(28)20-15-30-25-24-20)17-10-12-19(13-11-17)29-18-8-2-1-3-9-18/h1-3,8-13,15-16H,4-7,14H2,(H,23,27). The second-order valence-electron chi connectivity index (χ2n) is 7.14. The van der Waals surface area contributed by atoms with Gasteiger partial charge in [-0.2, -0.15) is 0 Å². The summed E-state index contributed by atoms with van der Waals surface area (Å²) in [4.78, 5) is 27.0. The number of para-hydroxylation sites is 1. The van der Waals surface area contributed by atoms with Gasteiger partial charge in [-0.3, -0.25) is 14.5 Å². The third kappa shape index (κ3) is 5.01. The fourth-order valence-corrected chi connectivity index (χ4v) is 3.91. The van der Waals surface area contributed by atoms with Gasteiger partial charge in [-0.15, -0.1) is 5.10 Å². The third-order valence-corrected chi connectivity index (χ3v) is 5.48. The number of carbonyl (C=O) groups excluding carboxylic acids is 2. The lowest BCUT2D eigenvalue weighted by Gasteiger charge is -2.23. The molecule has 8 heteroatoms. The molecule has 1 aliphatic carbocycles. The molecule has 1 saturated carbocycles. The molecule has 0 bridgehead atoms. The quantitative estimate of drug-likeness (QED) is 0.621. The molecule has 1 N–H and O–H groups in total. The molecule has 1 aliphatic rings. The molecule has 0 radical (unpaired) electrons. The van der Waals surface area contributed by atoms with Gasteiger partial charge in [0, 0.05) is 17.1 Å². The summed E-state index contributed by atoms with van der Waals surface area (Å²) in [6.07, 6.45) is 4.23.